The molecule has 2 heterocycles. The number of aromatic nitrogens is 2. The zero-order valence-corrected chi connectivity index (χ0v) is 10.0. The zero-order chi connectivity index (χ0) is 11.4. The molecule has 2 unspecified atom stereocenters. The number of rotatable bonds is 4. The molecule has 0 saturated carbocycles. The van der Waals surface area contributed by atoms with E-state index < -0.39 is 0 Å². The Kier molecular flexibility index (Phi) is 3.96. The molecule has 0 bridgehead atoms. The summed E-state index contributed by atoms with van der Waals surface area (Å²) in [5, 5.41) is 0. The second kappa shape index (κ2) is 5.46. The maximum Gasteiger partial charge on any atom is 0.0945 e. The average Bonchev–Trinajstić information content (AvgIpc) is 2.76. The Hall–Kier alpha value is -0.870. The van der Waals surface area contributed by atoms with Crippen LogP contribution in [-0.4, -0.2) is 40.1 Å². The molecule has 1 aromatic rings. The van der Waals surface area contributed by atoms with Crippen LogP contribution >= 0.6 is 0 Å². The fourth-order valence-corrected chi connectivity index (χ4v) is 2.35. The second-order valence-electron chi connectivity index (χ2n) is 4.88. The third kappa shape index (κ3) is 3.06. The van der Waals surface area contributed by atoms with Gasteiger partial charge in [0.15, 0.2) is 0 Å². The van der Waals surface area contributed by atoms with Crippen molar-refractivity contribution >= 4 is 0 Å². The Balaban J connectivity index is 1.67. The fraction of sp³-hybridized carbons (Fsp3) is 0.750. The van der Waals surface area contributed by atoms with E-state index in [0.29, 0.717) is 12.0 Å². The van der Waals surface area contributed by atoms with Crippen molar-refractivity contribution in [1.82, 2.24) is 14.5 Å². The molecule has 2 atom stereocenters. The van der Waals surface area contributed by atoms with Crippen molar-refractivity contribution in [3.63, 3.8) is 0 Å². The summed E-state index contributed by atoms with van der Waals surface area (Å²) in [4.78, 5) is 6.58. The van der Waals surface area contributed by atoms with Crippen LogP contribution in [0.3, 0.4) is 0 Å². The summed E-state index contributed by atoms with van der Waals surface area (Å²) in [5.74, 6) is 0.641. The van der Waals surface area contributed by atoms with E-state index >= 15 is 0 Å². The van der Waals surface area contributed by atoms with Gasteiger partial charge in [-0.1, -0.05) is 6.92 Å². The molecule has 1 saturated heterocycles. The van der Waals surface area contributed by atoms with Crippen molar-refractivity contribution in [2.75, 3.05) is 19.6 Å². The zero-order valence-electron chi connectivity index (χ0n) is 10.0. The number of aryl methyl sites for hydroxylation is 1. The van der Waals surface area contributed by atoms with Crippen molar-refractivity contribution in [2.24, 2.45) is 11.7 Å². The van der Waals surface area contributed by atoms with Gasteiger partial charge < -0.3 is 15.2 Å². The van der Waals surface area contributed by atoms with E-state index in [9.17, 15) is 0 Å². The first-order chi connectivity index (χ1) is 7.75. The lowest BCUT2D eigenvalue weighted by molar-refractivity contribution is 0.161. The molecule has 1 aliphatic heterocycles. The predicted molar refractivity (Wildman–Crippen MR) is 65.0 cm³/mol. The first kappa shape index (κ1) is 11.6. The number of hydrogen-bond donors (Lipinski definition) is 1. The van der Waals surface area contributed by atoms with Crippen LogP contribution in [0.25, 0.3) is 0 Å². The summed E-state index contributed by atoms with van der Waals surface area (Å²) in [6.45, 7) is 6.82. The van der Waals surface area contributed by atoms with Crippen molar-refractivity contribution < 1.29 is 0 Å². The van der Waals surface area contributed by atoms with Gasteiger partial charge in [0, 0.05) is 31.5 Å². The van der Waals surface area contributed by atoms with Gasteiger partial charge in [-0.2, -0.15) is 0 Å². The first-order valence-corrected chi connectivity index (χ1v) is 6.19. The first-order valence-electron chi connectivity index (χ1n) is 6.19. The molecule has 4 nitrogen and oxygen atoms in total. The Morgan fingerprint density at radius 1 is 1.44 bits per heavy atom. The Morgan fingerprint density at radius 2 is 2.31 bits per heavy atom. The minimum atomic E-state index is 0.407. The van der Waals surface area contributed by atoms with Gasteiger partial charge in [-0.05, 0) is 31.8 Å². The summed E-state index contributed by atoms with van der Waals surface area (Å²) in [6.07, 6.45) is 8.08. The molecule has 0 amide bonds. The third-order valence-electron chi connectivity index (χ3n) is 3.51. The van der Waals surface area contributed by atoms with E-state index in [1.807, 2.05) is 18.7 Å². The highest BCUT2D eigenvalue weighted by Gasteiger charge is 2.22. The van der Waals surface area contributed by atoms with Gasteiger partial charge in [0.2, 0.25) is 0 Å². The van der Waals surface area contributed by atoms with E-state index in [1.165, 1.54) is 13.0 Å². The molecule has 0 aromatic carbocycles. The van der Waals surface area contributed by atoms with E-state index in [-0.39, 0.29) is 0 Å². The summed E-state index contributed by atoms with van der Waals surface area (Å²) >= 11 is 0. The molecular weight excluding hydrogens is 200 g/mol. The van der Waals surface area contributed by atoms with Crippen LogP contribution in [0.15, 0.2) is 18.7 Å². The minimum Gasteiger partial charge on any atom is -0.337 e. The smallest absolute Gasteiger partial charge is 0.0945 e. The number of imidazole rings is 1. The molecule has 4 heteroatoms. The molecule has 0 radical (unpaired) electrons. The van der Waals surface area contributed by atoms with Gasteiger partial charge in [-0.15, -0.1) is 0 Å². The number of piperidine rings is 1. The quantitative estimate of drug-likeness (QED) is 0.825. The largest absolute Gasteiger partial charge is 0.337 e. The molecule has 1 fully saturated rings. The third-order valence-corrected chi connectivity index (χ3v) is 3.51. The number of nitrogens with two attached hydrogens (primary N) is 1. The SMILES string of the molecule is CC1CN(CCCn2ccnc2)CCC1N. The summed E-state index contributed by atoms with van der Waals surface area (Å²) in [7, 11) is 0. The highest BCUT2D eigenvalue weighted by atomic mass is 15.1. The van der Waals surface area contributed by atoms with Crippen LogP contribution in [-0.2, 0) is 6.54 Å². The fourth-order valence-electron chi connectivity index (χ4n) is 2.35. The van der Waals surface area contributed by atoms with Crippen LogP contribution in [0.2, 0.25) is 0 Å². The van der Waals surface area contributed by atoms with Crippen molar-refractivity contribution in [3.05, 3.63) is 18.7 Å². The normalized spacial score (nSPS) is 27.1. The molecule has 16 heavy (non-hydrogen) atoms. The lowest BCUT2D eigenvalue weighted by Crippen LogP contribution is -2.46. The van der Waals surface area contributed by atoms with Crippen molar-refractivity contribution in [3.8, 4) is 0 Å². The molecule has 90 valence electrons. The van der Waals surface area contributed by atoms with Gasteiger partial charge in [0.1, 0.15) is 0 Å². The van der Waals surface area contributed by atoms with Gasteiger partial charge in [-0.3, -0.25) is 0 Å². The predicted octanol–water partition coefficient (Wildman–Crippen LogP) is 0.942. The topological polar surface area (TPSA) is 47.1 Å². The number of nitrogens with zero attached hydrogens (tertiary/aromatic N) is 3. The van der Waals surface area contributed by atoms with E-state index in [4.69, 9.17) is 5.73 Å². The van der Waals surface area contributed by atoms with Gasteiger partial charge in [-0.25, -0.2) is 4.98 Å². The monoisotopic (exact) mass is 222 g/mol. The summed E-state index contributed by atoms with van der Waals surface area (Å²) < 4.78 is 2.14. The lowest BCUT2D eigenvalue weighted by Gasteiger charge is -2.35. The van der Waals surface area contributed by atoms with E-state index in [0.717, 1.165) is 26.1 Å². The van der Waals surface area contributed by atoms with Crippen LogP contribution < -0.4 is 5.73 Å². The maximum atomic E-state index is 6.01. The van der Waals surface area contributed by atoms with Crippen molar-refractivity contribution in [2.45, 2.75) is 32.4 Å². The molecule has 1 aliphatic rings. The van der Waals surface area contributed by atoms with E-state index in [1.54, 1.807) is 0 Å². The van der Waals surface area contributed by atoms with Crippen LogP contribution in [0.4, 0.5) is 0 Å². The number of hydrogen-bond acceptors (Lipinski definition) is 3. The number of likely N-dealkylation sites (tertiary alicyclic amines) is 1. The standard InChI is InChI=1S/C12H22N4/c1-11-9-15(7-3-12(11)13)5-2-6-16-8-4-14-10-16/h4,8,10-12H,2-3,5-7,9,13H2,1H3. The molecule has 2 N–H and O–H groups in total. The summed E-state index contributed by atoms with van der Waals surface area (Å²) in [5.41, 5.74) is 6.01. The summed E-state index contributed by atoms with van der Waals surface area (Å²) in [6, 6.07) is 0.407. The highest BCUT2D eigenvalue weighted by molar-refractivity contribution is 4.80. The Bertz CT molecular complexity index is 296. The van der Waals surface area contributed by atoms with Crippen LogP contribution in [0.5, 0.6) is 0 Å². The Morgan fingerprint density at radius 3 is 3.00 bits per heavy atom. The Labute approximate surface area is 97.4 Å². The second-order valence-corrected chi connectivity index (χ2v) is 4.88. The average molecular weight is 222 g/mol. The molecular formula is C12H22N4. The van der Waals surface area contributed by atoms with Gasteiger partial charge in [0.05, 0.1) is 6.33 Å². The van der Waals surface area contributed by atoms with E-state index in [2.05, 4.69) is 21.4 Å². The molecule has 0 aliphatic carbocycles. The maximum absolute atomic E-state index is 6.01. The van der Waals surface area contributed by atoms with Crippen LogP contribution in [0, 0.1) is 5.92 Å². The molecule has 0 spiro atoms. The lowest BCUT2D eigenvalue weighted by atomic mass is 9.95. The van der Waals surface area contributed by atoms with Gasteiger partial charge in [0.25, 0.3) is 0 Å². The van der Waals surface area contributed by atoms with Crippen LogP contribution in [0.1, 0.15) is 19.8 Å². The minimum absolute atomic E-state index is 0.407. The molecule has 2 rings (SSSR count). The van der Waals surface area contributed by atoms with Gasteiger partial charge >= 0.3 is 0 Å². The van der Waals surface area contributed by atoms with Crippen molar-refractivity contribution in [1.29, 1.82) is 0 Å². The highest BCUT2D eigenvalue weighted by Crippen LogP contribution is 2.14. The molecule has 1 aromatic heterocycles.